The van der Waals surface area contributed by atoms with Crippen LogP contribution < -0.4 is 16.4 Å². The van der Waals surface area contributed by atoms with Crippen molar-refractivity contribution in [3.63, 3.8) is 0 Å². The van der Waals surface area contributed by atoms with Crippen molar-refractivity contribution in [2.45, 2.75) is 26.8 Å². The zero-order chi connectivity index (χ0) is 13.0. The molecule has 1 aromatic rings. The van der Waals surface area contributed by atoms with Gasteiger partial charge in [-0.25, -0.2) is 0 Å². The number of nitrogens with one attached hydrogen (secondary N) is 2. The number of hydrogen-bond donors (Lipinski definition) is 3. The summed E-state index contributed by atoms with van der Waals surface area (Å²) in [6.07, 6.45) is 0. The van der Waals surface area contributed by atoms with Gasteiger partial charge in [-0.3, -0.25) is 9.59 Å². The molecule has 5 nitrogen and oxygen atoms in total. The van der Waals surface area contributed by atoms with E-state index in [9.17, 15) is 9.59 Å². The highest BCUT2D eigenvalue weighted by Crippen LogP contribution is 2.20. The van der Waals surface area contributed by atoms with E-state index in [1.807, 2.05) is 13.0 Å². The lowest BCUT2D eigenvalue weighted by Crippen LogP contribution is -2.32. The number of carbonyl (C=O) groups excluding carboxylic acids is 2. The summed E-state index contributed by atoms with van der Waals surface area (Å²) in [6.45, 7) is 4.92. The Labute approximate surface area is 113 Å². The molecule has 0 radical (unpaired) electrons. The van der Waals surface area contributed by atoms with Crippen molar-refractivity contribution in [2.24, 2.45) is 5.73 Å². The fraction of sp³-hybridized carbons (Fsp3) is 0.333. The zero-order valence-electron chi connectivity index (χ0n) is 10.6. The summed E-state index contributed by atoms with van der Waals surface area (Å²) in [6, 6.07) is 4.72. The molecule has 0 heterocycles. The maximum Gasteiger partial charge on any atom is 0.240 e. The van der Waals surface area contributed by atoms with Gasteiger partial charge in [0.15, 0.2) is 0 Å². The second kappa shape index (κ2) is 6.98. The van der Waals surface area contributed by atoms with E-state index in [0.29, 0.717) is 11.4 Å². The van der Waals surface area contributed by atoms with Gasteiger partial charge in [0.2, 0.25) is 11.8 Å². The second-order valence-electron chi connectivity index (χ2n) is 3.99. The summed E-state index contributed by atoms with van der Waals surface area (Å²) in [5.74, 6) is -0.411. The van der Waals surface area contributed by atoms with Crippen LogP contribution in [0.2, 0.25) is 0 Å². The standard InChI is InChI=1S/C12H17N3O2.ClH/c1-7-4-5-10(15-12(17)8(2)13)6-11(7)14-9(3)16;/h4-6,8H,13H2,1-3H3,(H,14,16)(H,15,17);1H. The molecule has 0 spiro atoms. The Balaban J connectivity index is 0.00000289. The van der Waals surface area contributed by atoms with Gasteiger partial charge in [-0.15, -0.1) is 12.4 Å². The summed E-state index contributed by atoms with van der Waals surface area (Å²) >= 11 is 0. The topological polar surface area (TPSA) is 84.2 Å². The average Bonchev–Trinajstić information content (AvgIpc) is 2.22. The number of amides is 2. The summed E-state index contributed by atoms with van der Waals surface area (Å²) in [5.41, 5.74) is 7.67. The van der Waals surface area contributed by atoms with Crippen LogP contribution in [0.4, 0.5) is 11.4 Å². The number of halogens is 1. The van der Waals surface area contributed by atoms with Crippen LogP contribution in [0.3, 0.4) is 0 Å². The molecule has 0 bridgehead atoms. The molecule has 1 rings (SSSR count). The van der Waals surface area contributed by atoms with Crippen molar-refractivity contribution in [3.8, 4) is 0 Å². The minimum Gasteiger partial charge on any atom is -0.326 e. The summed E-state index contributed by atoms with van der Waals surface area (Å²) in [4.78, 5) is 22.4. The second-order valence-corrected chi connectivity index (χ2v) is 3.99. The minimum atomic E-state index is -0.569. The first-order chi connectivity index (χ1) is 7.90. The van der Waals surface area contributed by atoms with Crippen molar-refractivity contribution in [2.75, 3.05) is 10.6 Å². The van der Waals surface area contributed by atoms with Crippen molar-refractivity contribution >= 4 is 35.6 Å². The van der Waals surface area contributed by atoms with Crippen LogP contribution >= 0.6 is 12.4 Å². The van der Waals surface area contributed by atoms with E-state index < -0.39 is 6.04 Å². The molecule has 0 fully saturated rings. The Morgan fingerprint density at radius 2 is 1.89 bits per heavy atom. The summed E-state index contributed by atoms with van der Waals surface area (Å²) < 4.78 is 0. The Bertz CT molecular complexity index is 447. The molecule has 0 aliphatic carbocycles. The molecule has 0 aromatic heterocycles. The van der Waals surface area contributed by atoms with Gasteiger partial charge in [0.05, 0.1) is 6.04 Å². The average molecular weight is 272 g/mol. The fourth-order valence-electron chi connectivity index (χ4n) is 1.28. The van der Waals surface area contributed by atoms with Crippen LogP contribution in [-0.2, 0) is 9.59 Å². The number of nitrogens with two attached hydrogens (primary N) is 1. The van der Waals surface area contributed by atoms with Gasteiger partial charge < -0.3 is 16.4 Å². The van der Waals surface area contributed by atoms with E-state index in [1.165, 1.54) is 6.92 Å². The smallest absolute Gasteiger partial charge is 0.240 e. The van der Waals surface area contributed by atoms with Crippen LogP contribution in [-0.4, -0.2) is 17.9 Å². The van der Waals surface area contributed by atoms with Gasteiger partial charge in [0, 0.05) is 18.3 Å². The molecule has 1 aromatic carbocycles. The summed E-state index contributed by atoms with van der Waals surface area (Å²) in [7, 11) is 0. The van der Waals surface area contributed by atoms with E-state index in [0.717, 1.165) is 5.56 Å². The van der Waals surface area contributed by atoms with Crippen molar-refractivity contribution < 1.29 is 9.59 Å². The predicted molar refractivity (Wildman–Crippen MR) is 75.0 cm³/mol. The van der Waals surface area contributed by atoms with E-state index >= 15 is 0 Å². The van der Waals surface area contributed by atoms with Gasteiger partial charge in [-0.05, 0) is 31.5 Å². The van der Waals surface area contributed by atoms with Crippen molar-refractivity contribution in [3.05, 3.63) is 23.8 Å². The quantitative estimate of drug-likeness (QED) is 0.782. The summed E-state index contributed by atoms with van der Waals surface area (Å²) in [5, 5.41) is 5.36. The molecule has 0 aliphatic rings. The minimum absolute atomic E-state index is 0. The number of aryl methyl sites for hydroxylation is 1. The number of anilines is 2. The van der Waals surface area contributed by atoms with Crippen LogP contribution in [0, 0.1) is 6.92 Å². The SMILES string of the molecule is CC(=O)Nc1cc(NC(=O)C(C)N)ccc1C.Cl. The van der Waals surface area contributed by atoms with Gasteiger partial charge >= 0.3 is 0 Å². The van der Waals surface area contributed by atoms with Crippen LogP contribution in [0.15, 0.2) is 18.2 Å². The van der Waals surface area contributed by atoms with Crippen LogP contribution in [0.5, 0.6) is 0 Å². The largest absolute Gasteiger partial charge is 0.326 e. The Morgan fingerprint density at radius 3 is 2.39 bits per heavy atom. The van der Waals surface area contributed by atoms with Crippen molar-refractivity contribution in [1.82, 2.24) is 0 Å². The lowest BCUT2D eigenvalue weighted by atomic mass is 10.1. The molecule has 1 unspecified atom stereocenters. The molecule has 6 heteroatoms. The zero-order valence-corrected chi connectivity index (χ0v) is 11.4. The first-order valence-corrected chi connectivity index (χ1v) is 5.35. The van der Waals surface area contributed by atoms with Crippen molar-refractivity contribution in [1.29, 1.82) is 0 Å². The molecule has 2 amide bonds. The van der Waals surface area contributed by atoms with E-state index in [-0.39, 0.29) is 24.2 Å². The van der Waals surface area contributed by atoms with Gasteiger partial charge in [0.1, 0.15) is 0 Å². The third-order valence-corrected chi connectivity index (χ3v) is 2.23. The molecular weight excluding hydrogens is 254 g/mol. The molecule has 0 saturated heterocycles. The fourth-order valence-corrected chi connectivity index (χ4v) is 1.28. The van der Waals surface area contributed by atoms with E-state index in [2.05, 4.69) is 10.6 Å². The molecule has 18 heavy (non-hydrogen) atoms. The van der Waals surface area contributed by atoms with Gasteiger partial charge in [-0.2, -0.15) is 0 Å². The number of rotatable bonds is 3. The van der Waals surface area contributed by atoms with Crippen LogP contribution in [0.25, 0.3) is 0 Å². The van der Waals surface area contributed by atoms with Crippen LogP contribution in [0.1, 0.15) is 19.4 Å². The Kier molecular flexibility index (Phi) is 6.36. The Morgan fingerprint density at radius 1 is 1.28 bits per heavy atom. The van der Waals surface area contributed by atoms with E-state index in [1.54, 1.807) is 19.1 Å². The van der Waals surface area contributed by atoms with E-state index in [4.69, 9.17) is 5.73 Å². The van der Waals surface area contributed by atoms with Gasteiger partial charge in [0.25, 0.3) is 0 Å². The van der Waals surface area contributed by atoms with Gasteiger partial charge in [-0.1, -0.05) is 6.07 Å². The maximum atomic E-state index is 11.4. The Hall–Kier alpha value is -1.59. The third-order valence-electron chi connectivity index (χ3n) is 2.23. The first kappa shape index (κ1) is 16.4. The lowest BCUT2D eigenvalue weighted by molar-refractivity contribution is -0.117. The monoisotopic (exact) mass is 271 g/mol. The normalized spacial score (nSPS) is 11.1. The maximum absolute atomic E-state index is 11.4. The highest BCUT2D eigenvalue weighted by Gasteiger charge is 2.08. The molecular formula is C12H18ClN3O2. The number of hydrogen-bond acceptors (Lipinski definition) is 3. The third kappa shape index (κ3) is 4.73. The predicted octanol–water partition coefficient (Wildman–Crippen LogP) is 1.66. The molecule has 4 N–H and O–H groups in total. The lowest BCUT2D eigenvalue weighted by Gasteiger charge is -2.11. The molecule has 100 valence electrons. The highest BCUT2D eigenvalue weighted by atomic mass is 35.5. The highest BCUT2D eigenvalue weighted by molar-refractivity contribution is 5.96. The first-order valence-electron chi connectivity index (χ1n) is 5.35. The molecule has 1 atom stereocenters. The number of benzene rings is 1. The molecule has 0 aliphatic heterocycles. The molecule has 0 saturated carbocycles. The number of carbonyl (C=O) groups is 2.